The molecule has 2 N–H and O–H groups in total. The number of nitrogens with one attached hydrogen (secondary N) is 1. The minimum absolute atomic E-state index is 0.0284. The summed E-state index contributed by atoms with van der Waals surface area (Å²) in [5.74, 6) is -2.04. The molecule has 0 aromatic carbocycles. The van der Waals surface area contributed by atoms with E-state index in [9.17, 15) is 9.59 Å². The molecule has 0 aliphatic rings. The van der Waals surface area contributed by atoms with E-state index in [1.807, 2.05) is 20.1 Å². The van der Waals surface area contributed by atoms with Crippen LogP contribution in [0.4, 0.5) is 0 Å². The standard InChI is InChI=1S/C10H14N2O4S/c1-10(2,17-3)5-11-8(13)6-4-7(9(14)15)16-12-6/h4H,5H2,1-3H3,(H,11,13)(H,14,15). The molecule has 0 atom stereocenters. The second-order valence-corrected chi connectivity index (χ2v) is 5.54. The lowest BCUT2D eigenvalue weighted by Gasteiger charge is -2.21. The molecule has 0 bridgehead atoms. The number of carbonyl (C=O) groups is 2. The van der Waals surface area contributed by atoms with Crippen LogP contribution < -0.4 is 5.32 Å². The van der Waals surface area contributed by atoms with Gasteiger partial charge in [-0.3, -0.25) is 4.79 Å². The van der Waals surface area contributed by atoms with Crippen LogP contribution in [0.5, 0.6) is 0 Å². The van der Waals surface area contributed by atoms with Gasteiger partial charge in [0, 0.05) is 17.4 Å². The summed E-state index contributed by atoms with van der Waals surface area (Å²) < 4.78 is 4.40. The lowest BCUT2D eigenvalue weighted by molar-refractivity contribution is 0.0651. The monoisotopic (exact) mass is 258 g/mol. The number of amides is 1. The number of carboxylic acid groups (broad SMARTS) is 1. The number of carbonyl (C=O) groups excluding carboxylic acids is 1. The molecule has 94 valence electrons. The lowest BCUT2D eigenvalue weighted by atomic mass is 10.2. The van der Waals surface area contributed by atoms with Crippen molar-refractivity contribution in [2.75, 3.05) is 12.8 Å². The number of thioether (sulfide) groups is 1. The fourth-order valence-corrected chi connectivity index (χ4v) is 1.16. The third kappa shape index (κ3) is 3.77. The Morgan fingerprint density at radius 3 is 2.71 bits per heavy atom. The first-order valence-corrected chi connectivity index (χ1v) is 6.11. The second kappa shape index (κ2) is 5.22. The molecule has 1 rings (SSSR count). The molecule has 0 saturated carbocycles. The van der Waals surface area contributed by atoms with Crippen LogP contribution in [0.15, 0.2) is 10.6 Å². The highest BCUT2D eigenvalue weighted by atomic mass is 32.2. The van der Waals surface area contributed by atoms with Crippen molar-refractivity contribution in [3.8, 4) is 0 Å². The highest BCUT2D eigenvalue weighted by molar-refractivity contribution is 7.99. The molecule has 0 aliphatic heterocycles. The van der Waals surface area contributed by atoms with Crippen molar-refractivity contribution in [2.45, 2.75) is 18.6 Å². The molecule has 0 saturated heterocycles. The molecule has 1 heterocycles. The Bertz CT molecular complexity index is 428. The Morgan fingerprint density at radius 2 is 2.24 bits per heavy atom. The summed E-state index contributed by atoms with van der Waals surface area (Å²) in [6, 6.07) is 1.10. The highest BCUT2D eigenvalue weighted by Crippen LogP contribution is 2.19. The molecule has 0 radical (unpaired) electrons. The van der Waals surface area contributed by atoms with E-state index in [1.54, 1.807) is 11.8 Å². The van der Waals surface area contributed by atoms with E-state index >= 15 is 0 Å². The van der Waals surface area contributed by atoms with Crippen LogP contribution in [0.25, 0.3) is 0 Å². The van der Waals surface area contributed by atoms with Crippen molar-refractivity contribution >= 4 is 23.6 Å². The number of nitrogens with zero attached hydrogens (tertiary/aromatic N) is 1. The van der Waals surface area contributed by atoms with Crippen LogP contribution >= 0.6 is 11.8 Å². The molecular weight excluding hydrogens is 244 g/mol. The zero-order valence-corrected chi connectivity index (χ0v) is 10.6. The quantitative estimate of drug-likeness (QED) is 0.825. The van der Waals surface area contributed by atoms with E-state index in [1.165, 1.54) is 0 Å². The van der Waals surface area contributed by atoms with Crippen molar-refractivity contribution in [3.05, 3.63) is 17.5 Å². The minimum Gasteiger partial charge on any atom is -0.475 e. The van der Waals surface area contributed by atoms with Crippen LogP contribution in [0.3, 0.4) is 0 Å². The fraction of sp³-hybridized carbons (Fsp3) is 0.500. The van der Waals surface area contributed by atoms with Gasteiger partial charge in [-0.25, -0.2) is 4.79 Å². The van der Waals surface area contributed by atoms with Gasteiger partial charge in [0.1, 0.15) is 0 Å². The molecule has 0 spiro atoms. The lowest BCUT2D eigenvalue weighted by Crippen LogP contribution is -2.36. The van der Waals surface area contributed by atoms with E-state index in [0.29, 0.717) is 6.54 Å². The Morgan fingerprint density at radius 1 is 1.59 bits per heavy atom. The Balaban J connectivity index is 2.61. The molecule has 0 fully saturated rings. The fourth-order valence-electron chi connectivity index (χ4n) is 0.939. The summed E-state index contributed by atoms with van der Waals surface area (Å²) in [5, 5.41) is 14.7. The molecule has 17 heavy (non-hydrogen) atoms. The smallest absolute Gasteiger partial charge is 0.374 e. The molecule has 1 aromatic heterocycles. The third-order valence-corrected chi connectivity index (χ3v) is 3.43. The maximum atomic E-state index is 11.6. The van der Waals surface area contributed by atoms with Gasteiger partial charge in [-0.2, -0.15) is 11.8 Å². The second-order valence-electron chi connectivity index (χ2n) is 4.03. The van der Waals surface area contributed by atoms with Crippen LogP contribution in [0.2, 0.25) is 0 Å². The summed E-state index contributed by atoms with van der Waals surface area (Å²) >= 11 is 1.62. The number of carboxylic acids is 1. The van der Waals surface area contributed by atoms with Crippen LogP contribution in [-0.2, 0) is 0 Å². The van der Waals surface area contributed by atoms with Gasteiger partial charge in [-0.1, -0.05) is 5.16 Å². The van der Waals surface area contributed by atoms with Gasteiger partial charge in [0.25, 0.3) is 5.91 Å². The number of aromatic carboxylic acids is 1. The van der Waals surface area contributed by atoms with Crippen molar-refractivity contribution in [3.63, 3.8) is 0 Å². The topological polar surface area (TPSA) is 92.4 Å². The van der Waals surface area contributed by atoms with E-state index in [-0.39, 0.29) is 16.2 Å². The molecular formula is C10H14N2O4S. The summed E-state index contributed by atoms with van der Waals surface area (Å²) in [6.45, 7) is 4.44. The number of aromatic nitrogens is 1. The van der Waals surface area contributed by atoms with Crippen molar-refractivity contribution in [1.29, 1.82) is 0 Å². The van der Waals surface area contributed by atoms with Crippen LogP contribution in [0, 0.1) is 0 Å². The Kier molecular flexibility index (Phi) is 4.17. The van der Waals surface area contributed by atoms with E-state index in [4.69, 9.17) is 5.11 Å². The van der Waals surface area contributed by atoms with Gasteiger partial charge in [-0.15, -0.1) is 0 Å². The first-order chi connectivity index (χ1) is 7.85. The Labute approximate surface area is 103 Å². The van der Waals surface area contributed by atoms with Gasteiger partial charge in [-0.05, 0) is 20.1 Å². The first-order valence-electron chi connectivity index (χ1n) is 4.89. The van der Waals surface area contributed by atoms with Crippen molar-refractivity contribution in [1.82, 2.24) is 10.5 Å². The third-order valence-electron chi connectivity index (χ3n) is 2.18. The predicted octanol–water partition coefficient (Wildman–Crippen LogP) is 1.24. The largest absolute Gasteiger partial charge is 0.475 e. The molecule has 1 aromatic rings. The number of hydrogen-bond donors (Lipinski definition) is 2. The highest BCUT2D eigenvalue weighted by Gasteiger charge is 2.20. The average Bonchev–Trinajstić information content (AvgIpc) is 2.75. The van der Waals surface area contributed by atoms with Crippen molar-refractivity contribution < 1.29 is 19.2 Å². The summed E-state index contributed by atoms with van der Waals surface area (Å²) in [4.78, 5) is 22.1. The van der Waals surface area contributed by atoms with Crippen molar-refractivity contribution in [2.24, 2.45) is 0 Å². The maximum Gasteiger partial charge on any atom is 0.374 e. The maximum absolute atomic E-state index is 11.6. The van der Waals surface area contributed by atoms with Gasteiger partial charge in [0.05, 0.1) is 0 Å². The van der Waals surface area contributed by atoms with Gasteiger partial charge >= 0.3 is 5.97 Å². The summed E-state index contributed by atoms with van der Waals surface area (Å²) in [5.41, 5.74) is -0.0284. The Hall–Kier alpha value is -1.50. The first kappa shape index (κ1) is 13.6. The van der Waals surface area contributed by atoms with E-state index in [0.717, 1.165) is 6.07 Å². The zero-order chi connectivity index (χ0) is 13.1. The van der Waals surface area contributed by atoms with Gasteiger partial charge in [0.15, 0.2) is 5.69 Å². The average molecular weight is 258 g/mol. The molecule has 6 nitrogen and oxygen atoms in total. The molecule has 7 heteroatoms. The van der Waals surface area contributed by atoms with Crippen LogP contribution in [-0.4, -0.2) is 39.7 Å². The number of hydrogen-bond acceptors (Lipinski definition) is 5. The van der Waals surface area contributed by atoms with E-state index in [2.05, 4.69) is 15.0 Å². The normalized spacial score (nSPS) is 11.2. The van der Waals surface area contributed by atoms with Gasteiger partial charge < -0.3 is 14.9 Å². The van der Waals surface area contributed by atoms with Gasteiger partial charge in [0.2, 0.25) is 5.76 Å². The minimum atomic E-state index is -1.25. The summed E-state index contributed by atoms with van der Waals surface area (Å²) in [6.07, 6.45) is 1.95. The van der Waals surface area contributed by atoms with E-state index < -0.39 is 11.9 Å². The van der Waals surface area contributed by atoms with Crippen LogP contribution in [0.1, 0.15) is 34.9 Å². The molecule has 1 amide bonds. The number of rotatable bonds is 5. The summed E-state index contributed by atoms with van der Waals surface area (Å²) in [7, 11) is 0. The molecule has 0 unspecified atom stereocenters. The molecule has 0 aliphatic carbocycles. The SMILES string of the molecule is CSC(C)(C)CNC(=O)c1cc(C(=O)O)on1. The zero-order valence-electron chi connectivity index (χ0n) is 9.81. The predicted molar refractivity (Wildman–Crippen MR) is 63.4 cm³/mol.